The number of oxazole rings is 3. The summed E-state index contributed by atoms with van der Waals surface area (Å²) >= 11 is 0. The van der Waals surface area contributed by atoms with Gasteiger partial charge in [0.25, 0.3) is 0 Å². The molecule has 0 radical (unpaired) electrons. The highest BCUT2D eigenvalue weighted by molar-refractivity contribution is 5.80. The fourth-order valence-corrected chi connectivity index (χ4v) is 8.08. The quantitative estimate of drug-likeness (QED) is 0.0982. The molecule has 0 spiro atoms. The number of H-pyrrole nitrogens is 3. The number of fused-ring (bicyclic) bond motifs is 3. The molecule has 2 aliphatic rings. The molecule has 310 valence electrons. The van der Waals surface area contributed by atoms with Crippen LogP contribution < -0.4 is 38.1 Å². The number of likely N-dealkylation sites (N-methyl/N-ethyl adjacent to an activating group) is 2. The van der Waals surface area contributed by atoms with Crippen LogP contribution in [0.1, 0.15) is 74.3 Å². The lowest BCUT2D eigenvalue weighted by Crippen LogP contribution is -2.37. The Balaban J connectivity index is 0.000000142. The van der Waals surface area contributed by atoms with Crippen LogP contribution in [0.2, 0.25) is 0 Å². The van der Waals surface area contributed by atoms with E-state index in [1.54, 1.807) is 0 Å². The van der Waals surface area contributed by atoms with Crippen LogP contribution in [0.3, 0.4) is 0 Å². The van der Waals surface area contributed by atoms with E-state index in [1.165, 1.54) is 31.2 Å². The normalized spacial score (nSPS) is 17.0. The maximum atomic E-state index is 11.3. The van der Waals surface area contributed by atoms with Gasteiger partial charge in [-0.1, -0.05) is 36.4 Å². The average Bonchev–Trinajstić information content (AvgIpc) is 3.94. The van der Waals surface area contributed by atoms with Crippen molar-refractivity contribution >= 4 is 50.5 Å². The van der Waals surface area contributed by atoms with Crippen LogP contribution in [0.25, 0.3) is 33.3 Å². The van der Waals surface area contributed by atoms with Gasteiger partial charge in [0.2, 0.25) is 0 Å². The van der Waals surface area contributed by atoms with E-state index < -0.39 is 17.3 Å². The summed E-state index contributed by atoms with van der Waals surface area (Å²) in [5.41, 5.74) is 14.1. The number of aromatic nitrogens is 3. The molecule has 0 aliphatic heterocycles. The largest absolute Gasteiger partial charge is 0.417 e. The minimum absolute atomic E-state index is 0.357. The van der Waals surface area contributed by atoms with E-state index in [1.807, 2.05) is 66.5 Å². The molecule has 3 heterocycles. The Morgan fingerprint density at radius 1 is 0.593 bits per heavy atom. The van der Waals surface area contributed by atoms with E-state index in [9.17, 15) is 19.2 Å². The van der Waals surface area contributed by atoms with E-state index in [4.69, 9.17) is 19.0 Å². The van der Waals surface area contributed by atoms with Crippen LogP contribution in [0.15, 0.2) is 113 Å². The molecule has 0 atom stereocenters. The number of Topliss-reactive ketones (excluding diaryl/α,β-unsaturated/α-hetero) is 1. The second-order valence-corrected chi connectivity index (χ2v) is 15.5. The first-order valence-electron chi connectivity index (χ1n) is 20.4. The van der Waals surface area contributed by atoms with Crippen molar-refractivity contribution in [2.75, 3.05) is 50.1 Å². The number of benzene rings is 4. The molecular formula is C45H53N7O7. The Hall–Kier alpha value is -6.12. The molecule has 7 aromatic rings. The maximum absolute atomic E-state index is 11.3. The van der Waals surface area contributed by atoms with Gasteiger partial charge in [0.15, 0.2) is 16.7 Å². The third-order valence-corrected chi connectivity index (χ3v) is 11.5. The average molecular weight is 804 g/mol. The van der Waals surface area contributed by atoms with Crippen LogP contribution in [0.4, 0.5) is 11.4 Å². The van der Waals surface area contributed by atoms with Crippen LogP contribution in [0, 0.1) is 0 Å². The van der Waals surface area contributed by atoms with Gasteiger partial charge in [-0.05, 0) is 97.9 Å². The molecule has 0 bridgehead atoms. The number of nitrogens with two attached hydrogens (primary N) is 1. The van der Waals surface area contributed by atoms with Crippen molar-refractivity contribution in [2.45, 2.75) is 69.2 Å². The highest BCUT2D eigenvalue weighted by atomic mass is 16.4. The van der Waals surface area contributed by atoms with Crippen molar-refractivity contribution in [3.8, 4) is 0 Å². The number of aromatic amines is 3. The third kappa shape index (κ3) is 10.7. The molecule has 3 aromatic heterocycles. The van der Waals surface area contributed by atoms with Gasteiger partial charge in [0, 0.05) is 82.7 Å². The lowest BCUT2D eigenvalue weighted by molar-refractivity contribution is -0.120. The van der Waals surface area contributed by atoms with Crippen LogP contribution in [-0.4, -0.2) is 67.1 Å². The zero-order valence-electron chi connectivity index (χ0n) is 33.6. The second kappa shape index (κ2) is 19.1. The summed E-state index contributed by atoms with van der Waals surface area (Å²) in [5, 5.41) is 3.71. The molecule has 4 aromatic carbocycles. The monoisotopic (exact) mass is 803 g/mol. The lowest BCUT2D eigenvalue weighted by Gasteiger charge is -2.30. The zero-order chi connectivity index (χ0) is 41.3. The number of carbonyl (C=O) groups excluding carboxylic acids is 1. The predicted octanol–water partition coefficient (Wildman–Crippen LogP) is 6.74. The number of hydrogen-bond acceptors (Lipinski definition) is 11. The third-order valence-electron chi connectivity index (χ3n) is 11.5. The Labute approximate surface area is 340 Å². The van der Waals surface area contributed by atoms with E-state index in [2.05, 4.69) is 62.5 Å². The van der Waals surface area contributed by atoms with Gasteiger partial charge in [0.1, 0.15) is 5.78 Å². The first kappa shape index (κ1) is 41.1. The van der Waals surface area contributed by atoms with Gasteiger partial charge in [-0.2, -0.15) is 0 Å². The number of ketones is 1. The summed E-state index contributed by atoms with van der Waals surface area (Å²) < 4.78 is 15.2. The molecule has 59 heavy (non-hydrogen) atoms. The van der Waals surface area contributed by atoms with Crippen LogP contribution in [0.5, 0.6) is 0 Å². The first-order valence-corrected chi connectivity index (χ1v) is 20.4. The van der Waals surface area contributed by atoms with Crippen molar-refractivity contribution in [3.05, 3.63) is 128 Å². The van der Waals surface area contributed by atoms with E-state index in [0.717, 1.165) is 66.4 Å². The van der Waals surface area contributed by atoms with Crippen molar-refractivity contribution in [1.82, 2.24) is 20.3 Å². The predicted molar refractivity (Wildman–Crippen MR) is 232 cm³/mol. The van der Waals surface area contributed by atoms with Gasteiger partial charge in [-0.15, -0.1) is 0 Å². The Morgan fingerprint density at radius 3 is 1.63 bits per heavy atom. The minimum atomic E-state index is -0.427. The number of nitrogens with one attached hydrogen (secondary N) is 4. The van der Waals surface area contributed by atoms with E-state index in [-0.39, 0.29) is 0 Å². The van der Waals surface area contributed by atoms with Crippen molar-refractivity contribution in [2.24, 2.45) is 5.73 Å². The van der Waals surface area contributed by atoms with Crippen molar-refractivity contribution < 1.29 is 18.0 Å². The topological polar surface area (TPSA) is 200 Å². The molecule has 9 rings (SSSR count). The number of nitrogens with zero attached hydrogens (tertiary/aromatic N) is 2. The Morgan fingerprint density at radius 2 is 1.08 bits per heavy atom. The number of rotatable bonds is 10. The molecule has 0 unspecified atom stereocenters. The van der Waals surface area contributed by atoms with E-state index >= 15 is 0 Å². The lowest BCUT2D eigenvalue weighted by atomic mass is 9.82. The molecule has 2 aliphatic carbocycles. The number of hydrogen-bond donors (Lipinski definition) is 5. The fraction of sp³-hybridized carbons (Fsp3) is 0.378. The van der Waals surface area contributed by atoms with Crippen LogP contribution >= 0.6 is 0 Å². The van der Waals surface area contributed by atoms with E-state index in [0.29, 0.717) is 59.4 Å². The molecule has 14 heteroatoms. The van der Waals surface area contributed by atoms with Gasteiger partial charge >= 0.3 is 17.3 Å². The van der Waals surface area contributed by atoms with Gasteiger partial charge < -0.3 is 34.1 Å². The SMILES string of the molecule is CN(CCN)c1ccc2[nH]c(=O)oc2c1.CN(CCNC1CCC(c2ccccc2)CC1)c1ccc2[nH]c(=O)oc2c1.O=C1CCC(c2ccc3[nH]c(=O)oc3c2)CC1. The molecule has 6 N–H and O–H groups in total. The Kier molecular flexibility index (Phi) is 13.3. The summed E-state index contributed by atoms with van der Waals surface area (Å²) in [4.78, 5) is 56.5. The van der Waals surface area contributed by atoms with Crippen molar-refractivity contribution in [1.29, 1.82) is 0 Å². The minimum Gasteiger partial charge on any atom is -0.408 e. The molecule has 0 saturated heterocycles. The fourth-order valence-electron chi connectivity index (χ4n) is 8.08. The van der Waals surface area contributed by atoms with Gasteiger partial charge in [0.05, 0.1) is 16.6 Å². The molecule has 0 amide bonds. The van der Waals surface area contributed by atoms with Gasteiger partial charge in [-0.3, -0.25) is 19.7 Å². The second-order valence-electron chi connectivity index (χ2n) is 15.5. The first-order chi connectivity index (χ1) is 28.6. The summed E-state index contributed by atoms with van der Waals surface area (Å²) in [6.45, 7) is 3.22. The molecule has 14 nitrogen and oxygen atoms in total. The molecule has 2 saturated carbocycles. The summed E-state index contributed by atoms with van der Waals surface area (Å²) in [7, 11) is 4.01. The smallest absolute Gasteiger partial charge is 0.408 e. The summed E-state index contributed by atoms with van der Waals surface area (Å²) in [6.07, 6.45) is 8.15. The number of anilines is 2. The molecular weight excluding hydrogens is 751 g/mol. The highest BCUT2D eigenvalue weighted by Gasteiger charge is 2.22. The van der Waals surface area contributed by atoms with Gasteiger partial charge in [-0.25, -0.2) is 14.4 Å². The maximum Gasteiger partial charge on any atom is 0.417 e. The van der Waals surface area contributed by atoms with Crippen molar-refractivity contribution in [3.63, 3.8) is 0 Å². The summed E-state index contributed by atoms with van der Waals surface area (Å²) in [5.74, 6) is 0.236. The molecule has 2 fully saturated rings. The number of carbonyl (C=O) groups is 1. The highest BCUT2D eigenvalue weighted by Crippen LogP contribution is 2.33. The van der Waals surface area contributed by atoms with Crippen LogP contribution in [-0.2, 0) is 4.79 Å². The standard InChI is InChI=1S/C22H27N3O2.C13H13NO3.C10H13N3O2/c1-25(19-11-12-20-21(15-19)27-22(26)24-20)14-13-23-18-9-7-17(8-10-18)16-5-3-2-4-6-16;15-10-4-1-8(2-5-10)9-3-6-11-12(7-9)17-13(16)14-11;1-13(5-4-11)7-2-3-8-9(6-7)15-10(14)12-8/h2-6,11-12,15,17-18,23H,7-10,13-14H2,1H3,(H,24,26);3,6-8H,1-2,4-5H2,(H,14,16);2-3,6H,4-5,11H2,1H3,(H,12,14). The Bertz CT molecular complexity index is 2620. The summed E-state index contributed by atoms with van der Waals surface area (Å²) in [6, 6.07) is 28.7. The zero-order valence-corrected chi connectivity index (χ0v) is 33.6.